The van der Waals surface area contributed by atoms with Crippen molar-refractivity contribution in [2.75, 3.05) is 0 Å². The van der Waals surface area contributed by atoms with E-state index in [0.29, 0.717) is 0 Å². The first-order chi connectivity index (χ1) is 6.58. The van der Waals surface area contributed by atoms with E-state index in [1.54, 1.807) is 0 Å². The number of aromatic amines is 1. The van der Waals surface area contributed by atoms with Gasteiger partial charge in [0.1, 0.15) is 5.82 Å². The largest absolute Gasteiger partial charge is 0.419 e. The lowest BCUT2D eigenvalue weighted by atomic mass is 10.2. The van der Waals surface area contributed by atoms with Crippen molar-refractivity contribution in [3.63, 3.8) is 0 Å². The molecule has 0 saturated carbocycles. The van der Waals surface area contributed by atoms with Crippen molar-refractivity contribution in [1.29, 1.82) is 0 Å². The first-order valence-corrected chi connectivity index (χ1v) is 3.98. The van der Waals surface area contributed by atoms with Gasteiger partial charge in [-0.25, -0.2) is 14.0 Å². The van der Waals surface area contributed by atoms with Gasteiger partial charge in [-0.15, -0.1) is 0 Å². The number of benzene rings is 1. The second-order valence-electron chi connectivity index (χ2n) is 2.61. The van der Waals surface area contributed by atoms with E-state index in [2.05, 4.69) is 9.40 Å². The summed E-state index contributed by atoms with van der Waals surface area (Å²) in [6.45, 7) is 0. The minimum Gasteiger partial charge on any atom is -0.372 e. The predicted molar refractivity (Wildman–Crippen MR) is 48.1 cm³/mol. The van der Waals surface area contributed by atoms with Gasteiger partial charge in [-0.05, 0) is 12.1 Å². The van der Waals surface area contributed by atoms with Gasteiger partial charge >= 0.3 is 11.4 Å². The maximum atomic E-state index is 12.8. The third kappa shape index (κ3) is 1.31. The van der Waals surface area contributed by atoms with E-state index in [0.717, 1.165) is 12.1 Å². The van der Waals surface area contributed by atoms with Gasteiger partial charge in [0.25, 0.3) is 0 Å². The molecular formula is C8H3ClFNO3. The number of nitrogens with one attached hydrogen (secondary N) is 1. The van der Waals surface area contributed by atoms with Crippen molar-refractivity contribution in [2.45, 2.75) is 0 Å². The molecule has 1 aromatic carbocycles. The summed E-state index contributed by atoms with van der Waals surface area (Å²) < 4.78 is 17.0. The van der Waals surface area contributed by atoms with Gasteiger partial charge in [0.05, 0.1) is 15.9 Å². The molecule has 1 heterocycles. The van der Waals surface area contributed by atoms with Crippen molar-refractivity contribution in [2.24, 2.45) is 0 Å². The van der Waals surface area contributed by atoms with E-state index >= 15 is 0 Å². The highest BCUT2D eigenvalue weighted by Gasteiger charge is 2.08. The predicted octanol–water partition coefficient (Wildman–Crippen LogP) is 1.27. The smallest absolute Gasteiger partial charge is 0.372 e. The Bertz CT molecular complexity index is 616. The van der Waals surface area contributed by atoms with Gasteiger partial charge in [0, 0.05) is 0 Å². The fraction of sp³-hybridized carbons (Fsp3) is 0. The summed E-state index contributed by atoms with van der Waals surface area (Å²) in [6.07, 6.45) is 0. The zero-order valence-electron chi connectivity index (χ0n) is 6.64. The number of rotatable bonds is 0. The standard InChI is InChI=1S/C8H3ClFNO3/c9-5-2-3(10)1-4-6(5)11-8(13)14-7(4)12/h1-2H,(H,11,13). The van der Waals surface area contributed by atoms with Crippen LogP contribution in [0.4, 0.5) is 4.39 Å². The Hall–Kier alpha value is -1.62. The highest BCUT2D eigenvalue weighted by molar-refractivity contribution is 6.34. The van der Waals surface area contributed by atoms with E-state index in [1.165, 1.54) is 0 Å². The number of hydrogen-bond acceptors (Lipinski definition) is 3. The summed E-state index contributed by atoms with van der Waals surface area (Å²) >= 11 is 5.62. The number of H-pyrrole nitrogens is 1. The number of hydrogen-bond donors (Lipinski definition) is 1. The second-order valence-corrected chi connectivity index (χ2v) is 3.02. The molecule has 0 aliphatic heterocycles. The molecule has 0 saturated heterocycles. The van der Waals surface area contributed by atoms with E-state index in [9.17, 15) is 14.0 Å². The van der Waals surface area contributed by atoms with E-state index < -0.39 is 17.2 Å². The maximum absolute atomic E-state index is 12.8. The number of halogens is 2. The van der Waals surface area contributed by atoms with Crippen LogP contribution in [-0.2, 0) is 0 Å². The highest BCUT2D eigenvalue weighted by atomic mass is 35.5. The topological polar surface area (TPSA) is 63.1 Å². The fourth-order valence-corrected chi connectivity index (χ4v) is 1.38. The normalized spacial score (nSPS) is 10.7. The maximum Gasteiger partial charge on any atom is 0.419 e. The molecule has 2 aromatic rings. The Morgan fingerprint density at radius 3 is 2.79 bits per heavy atom. The van der Waals surface area contributed by atoms with Crippen molar-refractivity contribution >= 4 is 22.5 Å². The van der Waals surface area contributed by atoms with Crippen LogP contribution in [0.1, 0.15) is 0 Å². The Balaban J connectivity index is 3.10. The molecule has 14 heavy (non-hydrogen) atoms. The van der Waals surface area contributed by atoms with Crippen molar-refractivity contribution in [3.8, 4) is 0 Å². The lowest BCUT2D eigenvalue weighted by molar-refractivity contribution is 0.459. The molecule has 0 radical (unpaired) electrons. The number of aromatic nitrogens is 1. The van der Waals surface area contributed by atoms with E-state index in [-0.39, 0.29) is 15.9 Å². The zero-order valence-corrected chi connectivity index (χ0v) is 7.39. The molecule has 72 valence electrons. The molecule has 2 rings (SSSR count). The highest BCUT2D eigenvalue weighted by Crippen LogP contribution is 2.19. The van der Waals surface area contributed by atoms with Gasteiger partial charge in [0.15, 0.2) is 0 Å². The third-order valence-corrected chi connectivity index (χ3v) is 1.99. The van der Waals surface area contributed by atoms with Gasteiger partial charge in [-0.3, -0.25) is 4.98 Å². The molecule has 0 fully saturated rings. The van der Waals surface area contributed by atoms with Crippen LogP contribution in [0.25, 0.3) is 10.9 Å². The molecule has 1 aromatic heterocycles. The van der Waals surface area contributed by atoms with Gasteiger partial charge in [0.2, 0.25) is 0 Å². The fourth-order valence-electron chi connectivity index (χ4n) is 1.13. The van der Waals surface area contributed by atoms with Crippen LogP contribution in [0.3, 0.4) is 0 Å². The molecule has 1 N–H and O–H groups in total. The molecule has 0 atom stereocenters. The molecule has 0 aliphatic carbocycles. The quantitative estimate of drug-likeness (QED) is 0.720. The summed E-state index contributed by atoms with van der Waals surface area (Å²) in [4.78, 5) is 24.1. The van der Waals surface area contributed by atoms with Gasteiger partial charge in [-0.2, -0.15) is 0 Å². The van der Waals surface area contributed by atoms with Crippen LogP contribution >= 0.6 is 11.6 Å². The van der Waals surface area contributed by atoms with Crippen molar-refractivity contribution < 1.29 is 8.81 Å². The van der Waals surface area contributed by atoms with Crippen molar-refractivity contribution in [3.05, 3.63) is 43.9 Å². The molecule has 4 nitrogen and oxygen atoms in total. The van der Waals surface area contributed by atoms with Crippen LogP contribution in [0.5, 0.6) is 0 Å². The van der Waals surface area contributed by atoms with Crippen LogP contribution in [-0.4, -0.2) is 4.98 Å². The van der Waals surface area contributed by atoms with Gasteiger partial charge < -0.3 is 4.42 Å². The summed E-state index contributed by atoms with van der Waals surface area (Å²) in [7, 11) is 0. The molecule has 0 amide bonds. The van der Waals surface area contributed by atoms with E-state index in [1.807, 2.05) is 0 Å². The minimum atomic E-state index is -0.920. The lowest BCUT2D eigenvalue weighted by Crippen LogP contribution is -2.14. The average molecular weight is 216 g/mol. The lowest BCUT2D eigenvalue weighted by Gasteiger charge is -1.97. The first kappa shape index (κ1) is 8.96. The molecular weight excluding hydrogens is 213 g/mol. The molecule has 0 bridgehead atoms. The SMILES string of the molecule is O=c1[nH]c2c(Cl)cc(F)cc2c(=O)o1. The second kappa shape index (κ2) is 2.95. The van der Waals surface area contributed by atoms with Crippen LogP contribution < -0.4 is 11.4 Å². The van der Waals surface area contributed by atoms with Crippen LogP contribution in [0.2, 0.25) is 5.02 Å². The molecule has 0 unspecified atom stereocenters. The molecule has 0 aliphatic rings. The Morgan fingerprint density at radius 1 is 1.36 bits per heavy atom. The summed E-state index contributed by atoms with van der Waals surface area (Å²) in [6, 6.07) is 1.95. The Kier molecular flexibility index (Phi) is 1.89. The Morgan fingerprint density at radius 2 is 2.07 bits per heavy atom. The van der Waals surface area contributed by atoms with Crippen LogP contribution in [0, 0.1) is 5.82 Å². The molecule has 0 spiro atoms. The summed E-state index contributed by atoms with van der Waals surface area (Å²) in [5, 5.41) is -0.125. The monoisotopic (exact) mass is 215 g/mol. The summed E-state index contributed by atoms with van der Waals surface area (Å²) in [5.41, 5.74) is -0.834. The van der Waals surface area contributed by atoms with E-state index in [4.69, 9.17) is 11.6 Å². The average Bonchev–Trinajstić information content (AvgIpc) is 2.07. The third-order valence-electron chi connectivity index (χ3n) is 1.69. The number of fused-ring (bicyclic) bond motifs is 1. The Labute approximate surface area is 80.9 Å². The summed E-state index contributed by atoms with van der Waals surface area (Å²) in [5.74, 6) is -1.59. The van der Waals surface area contributed by atoms with Crippen molar-refractivity contribution in [1.82, 2.24) is 4.98 Å². The van der Waals surface area contributed by atoms with Crippen LogP contribution in [0.15, 0.2) is 26.1 Å². The first-order valence-electron chi connectivity index (χ1n) is 3.60. The minimum absolute atomic E-state index is 0.0370. The van der Waals surface area contributed by atoms with Gasteiger partial charge in [-0.1, -0.05) is 11.6 Å². The zero-order chi connectivity index (χ0) is 10.3. The molecule has 6 heteroatoms.